The van der Waals surface area contributed by atoms with Crippen LogP contribution in [0.15, 0.2) is 182 Å². The van der Waals surface area contributed by atoms with Gasteiger partial charge in [-0.3, -0.25) is 0 Å². The van der Waals surface area contributed by atoms with Crippen LogP contribution in [0.25, 0.3) is 70.6 Å². The number of hydrogen-bond donors (Lipinski definition) is 0. The lowest BCUT2D eigenvalue weighted by Crippen LogP contribution is -2.10. The van der Waals surface area contributed by atoms with Crippen molar-refractivity contribution < 1.29 is 0 Å². The van der Waals surface area contributed by atoms with Crippen molar-refractivity contribution in [3.63, 3.8) is 0 Å². The van der Waals surface area contributed by atoms with Gasteiger partial charge in [-0.25, -0.2) is 0 Å². The maximum Gasteiger partial charge on any atom is 0.0542 e. The summed E-state index contributed by atoms with van der Waals surface area (Å²) in [5.74, 6) is 0. The predicted molar refractivity (Wildman–Crippen MR) is 205 cm³/mol. The van der Waals surface area contributed by atoms with Gasteiger partial charge in [-0.15, -0.1) is 0 Å². The molecule has 0 spiro atoms. The first-order chi connectivity index (χ1) is 23.8. The van der Waals surface area contributed by atoms with Gasteiger partial charge in [0.2, 0.25) is 0 Å². The third-order valence-electron chi connectivity index (χ3n) is 9.92. The molecule has 0 bridgehead atoms. The van der Waals surface area contributed by atoms with E-state index >= 15 is 0 Å². The summed E-state index contributed by atoms with van der Waals surface area (Å²) in [5, 5.41) is 12.5. The molecule has 0 saturated carbocycles. The fourth-order valence-electron chi connectivity index (χ4n) is 7.73. The van der Waals surface area contributed by atoms with Crippen molar-refractivity contribution in [2.45, 2.75) is 0 Å². The highest BCUT2D eigenvalue weighted by molar-refractivity contribution is 6.18. The third kappa shape index (κ3) is 4.06. The van der Waals surface area contributed by atoms with Crippen LogP contribution in [0, 0.1) is 0 Å². The minimum Gasteiger partial charge on any atom is -0.310 e. The van der Waals surface area contributed by atoms with Gasteiger partial charge in [-0.1, -0.05) is 127 Å². The van der Waals surface area contributed by atoms with Gasteiger partial charge in [0, 0.05) is 33.2 Å². The van der Waals surface area contributed by atoms with Crippen LogP contribution in [-0.4, -0.2) is 4.57 Å². The first-order valence-corrected chi connectivity index (χ1v) is 16.5. The molecule has 0 unspecified atom stereocenters. The number of hydrogen-bond acceptors (Lipinski definition) is 1. The van der Waals surface area contributed by atoms with Crippen LogP contribution < -0.4 is 4.90 Å². The zero-order valence-corrected chi connectivity index (χ0v) is 26.2. The van der Waals surface area contributed by atoms with E-state index < -0.39 is 0 Å². The molecule has 9 aromatic carbocycles. The fourth-order valence-corrected chi connectivity index (χ4v) is 7.73. The Balaban J connectivity index is 1.26. The van der Waals surface area contributed by atoms with Gasteiger partial charge < -0.3 is 9.47 Å². The van der Waals surface area contributed by atoms with Gasteiger partial charge in [-0.05, 0) is 92.3 Å². The Labute approximate surface area is 278 Å². The maximum absolute atomic E-state index is 2.44. The number of benzene rings is 9. The van der Waals surface area contributed by atoms with E-state index in [1.807, 2.05) is 0 Å². The largest absolute Gasteiger partial charge is 0.310 e. The fraction of sp³-hybridized carbons (Fsp3) is 0. The summed E-state index contributed by atoms with van der Waals surface area (Å²) in [7, 11) is 0. The second-order valence-corrected chi connectivity index (χ2v) is 12.6. The van der Waals surface area contributed by atoms with Gasteiger partial charge in [0.05, 0.1) is 16.7 Å². The van der Waals surface area contributed by atoms with Gasteiger partial charge in [0.15, 0.2) is 0 Å². The molecule has 0 saturated heterocycles. The lowest BCUT2D eigenvalue weighted by molar-refractivity contribution is 1.18. The molecule has 0 aliphatic carbocycles. The molecule has 224 valence electrons. The normalized spacial score (nSPS) is 11.8. The summed E-state index contributed by atoms with van der Waals surface area (Å²) in [6, 6.07) is 66.4. The van der Waals surface area contributed by atoms with E-state index in [1.165, 1.54) is 64.9 Å². The van der Waals surface area contributed by atoms with Crippen LogP contribution in [0.2, 0.25) is 0 Å². The number of anilines is 3. The first-order valence-electron chi connectivity index (χ1n) is 16.5. The minimum absolute atomic E-state index is 1.12. The smallest absolute Gasteiger partial charge is 0.0542 e. The van der Waals surface area contributed by atoms with Crippen molar-refractivity contribution in [3.8, 4) is 5.69 Å². The van der Waals surface area contributed by atoms with E-state index in [4.69, 9.17) is 0 Å². The van der Waals surface area contributed by atoms with Gasteiger partial charge in [0.25, 0.3) is 0 Å². The SMILES string of the molecule is c1ccc(-n2c3ccccc3c3cc(N(c4ccc5ccc6c7ccccc7ccc6c5c4)c4cccc5ccccc45)ccc32)cc1. The Morgan fingerprint density at radius 1 is 0.312 bits per heavy atom. The molecule has 0 amide bonds. The lowest BCUT2D eigenvalue weighted by Gasteiger charge is -2.27. The summed E-state index contributed by atoms with van der Waals surface area (Å²) >= 11 is 0. The zero-order chi connectivity index (χ0) is 31.6. The molecule has 48 heavy (non-hydrogen) atoms. The van der Waals surface area contributed by atoms with Crippen LogP contribution in [0.3, 0.4) is 0 Å². The average molecular weight is 611 g/mol. The summed E-state index contributed by atoms with van der Waals surface area (Å²) in [4.78, 5) is 2.44. The van der Waals surface area contributed by atoms with E-state index in [0.29, 0.717) is 0 Å². The molecule has 10 aromatic rings. The number of rotatable bonds is 4. The molecule has 0 aliphatic heterocycles. The summed E-state index contributed by atoms with van der Waals surface area (Å²) in [6.07, 6.45) is 0. The summed E-state index contributed by atoms with van der Waals surface area (Å²) < 4.78 is 2.38. The van der Waals surface area contributed by atoms with E-state index in [1.54, 1.807) is 0 Å². The van der Waals surface area contributed by atoms with E-state index in [9.17, 15) is 0 Å². The first kappa shape index (κ1) is 26.8. The molecule has 0 atom stereocenters. The molecule has 0 radical (unpaired) electrons. The van der Waals surface area contributed by atoms with Crippen LogP contribution >= 0.6 is 0 Å². The molecule has 0 fully saturated rings. The molecule has 2 nitrogen and oxygen atoms in total. The van der Waals surface area contributed by atoms with Gasteiger partial charge in [0.1, 0.15) is 0 Å². The van der Waals surface area contributed by atoms with Crippen molar-refractivity contribution in [2.24, 2.45) is 0 Å². The molecule has 0 aliphatic rings. The highest BCUT2D eigenvalue weighted by Gasteiger charge is 2.19. The van der Waals surface area contributed by atoms with E-state index in [0.717, 1.165) is 22.7 Å². The Morgan fingerprint density at radius 2 is 0.854 bits per heavy atom. The molecular weight excluding hydrogens is 581 g/mol. The number of nitrogens with zero attached hydrogens (tertiary/aromatic N) is 2. The quantitative estimate of drug-likeness (QED) is 0.180. The third-order valence-corrected chi connectivity index (χ3v) is 9.92. The van der Waals surface area contributed by atoms with Gasteiger partial charge >= 0.3 is 0 Å². The van der Waals surface area contributed by atoms with Crippen LogP contribution in [0.1, 0.15) is 0 Å². The number of aromatic nitrogens is 1. The van der Waals surface area contributed by atoms with E-state index in [2.05, 4.69) is 191 Å². The molecule has 1 heterocycles. The number of para-hydroxylation sites is 2. The summed E-state index contributed by atoms with van der Waals surface area (Å²) in [5.41, 5.74) is 6.98. The van der Waals surface area contributed by atoms with E-state index in [-0.39, 0.29) is 0 Å². The van der Waals surface area contributed by atoms with Crippen LogP contribution in [-0.2, 0) is 0 Å². The van der Waals surface area contributed by atoms with Crippen LogP contribution in [0.4, 0.5) is 17.1 Å². The lowest BCUT2D eigenvalue weighted by atomic mass is 9.96. The second-order valence-electron chi connectivity index (χ2n) is 12.6. The Hall–Kier alpha value is -6.38. The molecule has 10 rings (SSSR count). The molecule has 1 aromatic heterocycles. The number of fused-ring (bicyclic) bond motifs is 9. The molecule has 2 heteroatoms. The minimum atomic E-state index is 1.12. The highest BCUT2D eigenvalue weighted by Crippen LogP contribution is 2.43. The molecular formula is C46H30N2. The average Bonchev–Trinajstić information content (AvgIpc) is 3.49. The Bertz CT molecular complexity index is 2840. The topological polar surface area (TPSA) is 8.17 Å². The zero-order valence-electron chi connectivity index (χ0n) is 26.2. The standard InChI is InChI=1S/C46H30N2/c1-2-14-34(15-3-1)48-45-19-9-8-18-41(45)43-30-36(25-28-46(43)48)47(44-20-10-13-31-11-5-7-17-38(31)44)35-24-21-33-23-26-39-37-16-6-4-12-32(37)22-27-40(39)42(33)29-35/h1-30H. The van der Waals surface area contributed by atoms with Crippen molar-refractivity contribution in [2.75, 3.05) is 4.90 Å². The Kier molecular flexibility index (Phi) is 5.91. The van der Waals surface area contributed by atoms with Crippen molar-refractivity contribution in [1.82, 2.24) is 4.57 Å². The maximum atomic E-state index is 2.44. The molecule has 0 N–H and O–H groups in total. The predicted octanol–water partition coefficient (Wildman–Crippen LogP) is 12.9. The van der Waals surface area contributed by atoms with Crippen molar-refractivity contribution >= 4 is 82.0 Å². The van der Waals surface area contributed by atoms with Crippen molar-refractivity contribution in [1.29, 1.82) is 0 Å². The van der Waals surface area contributed by atoms with Crippen molar-refractivity contribution in [3.05, 3.63) is 182 Å². The highest BCUT2D eigenvalue weighted by atomic mass is 15.1. The van der Waals surface area contributed by atoms with Gasteiger partial charge in [-0.2, -0.15) is 0 Å². The van der Waals surface area contributed by atoms with Crippen LogP contribution in [0.5, 0.6) is 0 Å². The Morgan fingerprint density at radius 3 is 1.67 bits per heavy atom. The second kappa shape index (κ2) is 10.6. The summed E-state index contributed by atoms with van der Waals surface area (Å²) in [6.45, 7) is 0. The monoisotopic (exact) mass is 610 g/mol.